The number of hydrogen-bond acceptors (Lipinski definition) is 5. The Morgan fingerprint density at radius 3 is 2.40 bits per heavy atom. The molecular formula is C15H10N2O3. The van der Waals surface area contributed by atoms with Crippen LogP contribution in [0.5, 0.6) is 0 Å². The largest absolute Gasteiger partial charge is 0.436 e. The molecule has 0 bridgehead atoms. The van der Waals surface area contributed by atoms with Gasteiger partial charge in [0.2, 0.25) is 11.7 Å². The maximum atomic E-state index is 12.5. The third-order valence-electron chi connectivity index (χ3n) is 3.58. The minimum atomic E-state index is -0.548. The molecule has 0 radical (unpaired) electrons. The van der Waals surface area contributed by atoms with Crippen molar-refractivity contribution in [1.29, 1.82) is 5.26 Å². The summed E-state index contributed by atoms with van der Waals surface area (Å²) in [6.07, 6.45) is 0. The summed E-state index contributed by atoms with van der Waals surface area (Å²) < 4.78 is 5.25. The molecule has 5 nitrogen and oxygen atoms in total. The summed E-state index contributed by atoms with van der Waals surface area (Å²) in [4.78, 5) is 24.9. The Labute approximate surface area is 114 Å². The van der Waals surface area contributed by atoms with Gasteiger partial charge in [-0.3, -0.25) is 9.59 Å². The number of carbonyl (C=O) groups excluding carboxylic acids is 2. The summed E-state index contributed by atoms with van der Waals surface area (Å²) in [5.74, 6) is -1.38. The molecule has 1 atom stereocenters. The molecule has 1 aliphatic carbocycles. The van der Waals surface area contributed by atoms with Gasteiger partial charge in [-0.2, -0.15) is 5.26 Å². The van der Waals surface area contributed by atoms with Crippen LogP contribution in [0.2, 0.25) is 0 Å². The Kier molecular flexibility index (Phi) is 2.48. The molecule has 98 valence electrons. The lowest BCUT2D eigenvalue weighted by Crippen LogP contribution is -2.32. The summed E-state index contributed by atoms with van der Waals surface area (Å²) in [5.41, 5.74) is 6.67. The molecule has 0 saturated heterocycles. The summed E-state index contributed by atoms with van der Waals surface area (Å²) in [7, 11) is 0. The van der Waals surface area contributed by atoms with E-state index in [0.717, 1.165) is 0 Å². The molecule has 0 spiro atoms. The zero-order chi connectivity index (χ0) is 14.4. The van der Waals surface area contributed by atoms with Crippen molar-refractivity contribution in [3.63, 3.8) is 0 Å². The average molecular weight is 266 g/mol. The van der Waals surface area contributed by atoms with Gasteiger partial charge in [0.15, 0.2) is 11.5 Å². The number of carbonyl (C=O) groups is 2. The van der Waals surface area contributed by atoms with Crippen LogP contribution < -0.4 is 5.73 Å². The molecule has 0 saturated carbocycles. The zero-order valence-corrected chi connectivity index (χ0v) is 10.6. The van der Waals surface area contributed by atoms with E-state index in [-0.39, 0.29) is 34.4 Å². The van der Waals surface area contributed by atoms with Gasteiger partial charge >= 0.3 is 0 Å². The maximum absolute atomic E-state index is 12.5. The van der Waals surface area contributed by atoms with Gasteiger partial charge in [0.05, 0.1) is 11.1 Å². The van der Waals surface area contributed by atoms with Gasteiger partial charge < -0.3 is 10.5 Å². The fourth-order valence-corrected chi connectivity index (χ4v) is 2.54. The van der Waals surface area contributed by atoms with Crippen LogP contribution in [0.1, 0.15) is 27.6 Å². The first-order valence-electron chi connectivity index (χ1n) is 6.06. The van der Waals surface area contributed by atoms with E-state index >= 15 is 0 Å². The number of nitrogens with zero attached hydrogens (tertiary/aromatic N) is 1. The Bertz CT molecular complexity index is 766. The molecule has 3 rings (SSSR count). The van der Waals surface area contributed by atoms with E-state index in [1.807, 2.05) is 6.07 Å². The van der Waals surface area contributed by atoms with Gasteiger partial charge in [0, 0.05) is 17.0 Å². The molecule has 20 heavy (non-hydrogen) atoms. The van der Waals surface area contributed by atoms with Crippen molar-refractivity contribution in [2.75, 3.05) is 0 Å². The molecule has 1 aromatic carbocycles. The van der Waals surface area contributed by atoms with Crippen molar-refractivity contribution < 1.29 is 14.3 Å². The van der Waals surface area contributed by atoms with Gasteiger partial charge in [-0.1, -0.05) is 31.2 Å². The highest BCUT2D eigenvalue weighted by Crippen LogP contribution is 2.38. The van der Waals surface area contributed by atoms with Crippen LogP contribution in [0.4, 0.5) is 0 Å². The third kappa shape index (κ3) is 1.42. The number of rotatable bonds is 0. The predicted molar refractivity (Wildman–Crippen MR) is 69.2 cm³/mol. The lowest BCUT2D eigenvalue weighted by Gasteiger charge is -2.28. The first-order chi connectivity index (χ1) is 9.56. The minimum absolute atomic E-state index is 0.0577. The highest BCUT2D eigenvalue weighted by atomic mass is 16.5. The van der Waals surface area contributed by atoms with Crippen LogP contribution in [-0.2, 0) is 4.74 Å². The molecule has 0 amide bonds. The van der Waals surface area contributed by atoms with E-state index in [1.54, 1.807) is 31.2 Å². The molecular weight excluding hydrogens is 256 g/mol. The quantitative estimate of drug-likeness (QED) is 0.771. The van der Waals surface area contributed by atoms with E-state index < -0.39 is 5.92 Å². The second kappa shape index (κ2) is 4.07. The minimum Gasteiger partial charge on any atom is -0.436 e. The number of ketones is 2. The normalized spacial score (nSPS) is 21.1. The van der Waals surface area contributed by atoms with Gasteiger partial charge in [0.1, 0.15) is 6.07 Å². The highest BCUT2D eigenvalue weighted by Gasteiger charge is 2.40. The van der Waals surface area contributed by atoms with Gasteiger partial charge in [-0.15, -0.1) is 0 Å². The molecule has 1 aromatic rings. The monoisotopic (exact) mass is 266 g/mol. The van der Waals surface area contributed by atoms with Crippen LogP contribution in [0.25, 0.3) is 0 Å². The second-order valence-corrected chi connectivity index (χ2v) is 4.66. The van der Waals surface area contributed by atoms with Crippen molar-refractivity contribution in [3.05, 3.63) is 58.2 Å². The molecule has 0 unspecified atom stereocenters. The molecule has 2 aliphatic rings. The smallest absolute Gasteiger partial charge is 0.229 e. The number of allylic oxidation sites excluding steroid dienone is 3. The molecule has 2 N–H and O–H groups in total. The topological polar surface area (TPSA) is 93.2 Å². The number of nitrogens with two attached hydrogens (primary N) is 1. The van der Waals surface area contributed by atoms with Crippen molar-refractivity contribution in [2.24, 2.45) is 11.7 Å². The summed E-state index contributed by atoms with van der Waals surface area (Å²) in [6, 6.07) is 8.48. The maximum Gasteiger partial charge on any atom is 0.229 e. The Morgan fingerprint density at radius 2 is 1.80 bits per heavy atom. The molecule has 0 aromatic heterocycles. The van der Waals surface area contributed by atoms with Crippen LogP contribution in [0, 0.1) is 17.2 Å². The van der Waals surface area contributed by atoms with E-state index in [2.05, 4.69) is 0 Å². The van der Waals surface area contributed by atoms with Crippen LogP contribution >= 0.6 is 0 Å². The molecule has 1 aliphatic heterocycles. The first-order valence-corrected chi connectivity index (χ1v) is 6.06. The number of hydrogen-bond donors (Lipinski definition) is 1. The Hall–Kier alpha value is -2.87. The number of nitriles is 1. The average Bonchev–Trinajstić information content (AvgIpc) is 2.45. The van der Waals surface area contributed by atoms with Crippen LogP contribution in [0.15, 0.2) is 47.1 Å². The van der Waals surface area contributed by atoms with E-state index in [1.165, 1.54) is 0 Å². The van der Waals surface area contributed by atoms with E-state index in [9.17, 15) is 9.59 Å². The number of ether oxygens (including phenoxy) is 1. The number of benzene rings is 1. The molecule has 1 heterocycles. The van der Waals surface area contributed by atoms with Gasteiger partial charge in [-0.25, -0.2) is 0 Å². The third-order valence-corrected chi connectivity index (χ3v) is 3.58. The lowest BCUT2D eigenvalue weighted by molar-refractivity contribution is 0.0892. The predicted octanol–water partition coefficient (Wildman–Crippen LogP) is 1.68. The first kappa shape index (κ1) is 12.2. The van der Waals surface area contributed by atoms with Crippen molar-refractivity contribution in [3.8, 4) is 6.07 Å². The standard InChI is InChI=1S/C15H10N2O3/c1-7-10(6-16)15(17)20-14-11(7)12(18)8-4-2-3-5-9(8)13(14)19/h2-5,7H,17H2,1H3/t7-/m1/s1. The summed E-state index contributed by atoms with van der Waals surface area (Å²) >= 11 is 0. The van der Waals surface area contributed by atoms with Gasteiger partial charge in [0.25, 0.3) is 0 Å². The van der Waals surface area contributed by atoms with E-state index in [4.69, 9.17) is 15.7 Å². The molecule has 5 heteroatoms. The highest BCUT2D eigenvalue weighted by molar-refractivity contribution is 6.26. The van der Waals surface area contributed by atoms with Crippen LogP contribution in [0.3, 0.4) is 0 Å². The molecule has 0 fully saturated rings. The van der Waals surface area contributed by atoms with Crippen molar-refractivity contribution >= 4 is 11.6 Å². The second-order valence-electron chi connectivity index (χ2n) is 4.66. The van der Waals surface area contributed by atoms with Gasteiger partial charge in [-0.05, 0) is 0 Å². The zero-order valence-electron chi connectivity index (χ0n) is 10.6. The van der Waals surface area contributed by atoms with Crippen molar-refractivity contribution in [2.45, 2.75) is 6.92 Å². The summed E-state index contributed by atoms with van der Waals surface area (Å²) in [5, 5.41) is 9.08. The SMILES string of the molecule is C[C@@H]1C(C#N)=C(N)OC2=C1C(=O)c1ccccc1C2=O. The Balaban J connectivity index is 2.22. The van der Waals surface area contributed by atoms with Crippen molar-refractivity contribution in [1.82, 2.24) is 0 Å². The fourth-order valence-electron chi connectivity index (χ4n) is 2.54. The summed E-state index contributed by atoms with van der Waals surface area (Å²) in [6.45, 7) is 1.67. The fraction of sp³-hybridized carbons (Fsp3) is 0.133. The lowest BCUT2D eigenvalue weighted by atomic mass is 9.79. The Morgan fingerprint density at radius 1 is 1.20 bits per heavy atom. The van der Waals surface area contributed by atoms with E-state index in [0.29, 0.717) is 11.1 Å². The number of Topliss-reactive ketones (excluding diaryl/α,β-unsaturated/α-hetero) is 2. The number of fused-ring (bicyclic) bond motifs is 1. The van der Waals surface area contributed by atoms with Crippen LogP contribution in [-0.4, -0.2) is 11.6 Å².